The Morgan fingerprint density at radius 2 is 1.97 bits per heavy atom. The van der Waals surface area contributed by atoms with E-state index in [0.717, 1.165) is 5.56 Å². The summed E-state index contributed by atoms with van der Waals surface area (Å²) in [6, 6.07) is 6.83. The van der Waals surface area contributed by atoms with Crippen molar-refractivity contribution >= 4 is 23.1 Å². The quantitative estimate of drug-likeness (QED) is 0.769. The Morgan fingerprint density at radius 3 is 2.58 bits per heavy atom. The second-order valence-electron chi connectivity index (χ2n) is 8.37. The highest BCUT2D eigenvalue weighted by atomic mass is 16.1. The Morgan fingerprint density at radius 1 is 1.23 bits per heavy atom. The molecule has 8 heteroatoms. The number of nitrogens with one attached hydrogen (secondary N) is 1. The molecule has 0 saturated carbocycles. The number of ketones is 1. The number of rotatable bonds is 4. The fourth-order valence-electron chi connectivity index (χ4n) is 3.03. The summed E-state index contributed by atoms with van der Waals surface area (Å²) in [5.74, 6) is -0.500. The summed E-state index contributed by atoms with van der Waals surface area (Å²) >= 11 is 0. The van der Waals surface area contributed by atoms with Crippen molar-refractivity contribution < 1.29 is 9.59 Å². The lowest BCUT2D eigenvalue weighted by molar-refractivity contribution is 0.0949. The molecule has 1 aliphatic rings. The monoisotopic (exact) mass is 416 g/mol. The van der Waals surface area contributed by atoms with Gasteiger partial charge < -0.3 is 5.32 Å². The van der Waals surface area contributed by atoms with E-state index in [1.807, 2.05) is 27.7 Å². The van der Waals surface area contributed by atoms with Gasteiger partial charge in [-0.1, -0.05) is 26.0 Å². The van der Waals surface area contributed by atoms with Crippen LogP contribution in [0.15, 0.2) is 47.7 Å². The van der Waals surface area contributed by atoms with Gasteiger partial charge in [-0.3, -0.25) is 14.6 Å². The Hall–Kier alpha value is -3.86. The van der Waals surface area contributed by atoms with E-state index in [1.165, 1.54) is 17.8 Å². The highest BCUT2D eigenvalue weighted by Gasteiger charge is 2.20. The van der Waals surface area contributed by atoms with Gasteiger partial charge >= 0.3 is 0 Å². The fraction of sp³-hybridized carbons (Fsp3) is 0.304. The SMILES string of the molecule is CC(=O)c1cn(C2=CC(NC(=O)c3cc(C#N)cc(C(C)(C)C)c3)C=CN=C2C)nn1. The normalized spacial score (nSPS) is 16.1. The zero-order chi connectivity index (χ0) is 22.8. The van der Waals surface area contributed by atoms with Gasteiger partial charge in [0, 0.05) is 18.7 Å². The molecule has 158 valence electrons. The number of amides is 1. The van der Waals surface area contributed by atoms with E-state index in [-0.39, 0.29) is 22.8 Å². The molecule has 1 amide bonds. The maximum absolute atomic E-state index is 13.0. The van der Waals surface area contributed by atoms with Gasteiger partial charge in [-0.2, -0.15) is 5.26 Å². The first-order valence-corrected chi connectivity index (χ1v) is 9.82. The summed E-state index contributed by atoms with van der Waals surface area (Å²) in [4.78, 5) is 28.9. The van der Waals surface area contributed by atoms with Gasteiger partial charge in [0.15, 0.2) is 5.78 Å². The van der Waals surface area contributed by atoms with E-state index < -0.39 is 6.04 Å². The minimum Gasteiger partial charge on any atom is -0.342 e. The van der Waals surface area contributed by atoms with E-state index >= 15 is 0 Å². The van der Waals surface area contributed by atoms with Crippen molar-refractivity contribution in [3.8, 4) is 6.07 Å². The number of carbonyl (C=O) groups is 2. The van der Waals surface area contributed by atoms with Crippen LogP contribution in [-0.2, 0) is 5.41 Å². The third-order valence-corrected chi connectivity index (χ3v) is 4.86. The molecule has 0 fully saturated rings. The van der Waals surface area contributed by atoms with Gasteiger partial charge in [0.1, 0.15) is 5.69 Å². The molecule has 31 heavy (non-hydrogen) atoms. The molecule has 1 aliphatic heterocycles. The van der Waals surface area contributed by atoms with Crippen LogP contribution in [0.3, 0.4) is 0 Å². The van der Waals surface area contributed by atoms with Crippen LogP contribution < -0.4 is 5.32 Å². The van der Waals surface area contributed by atoms with Crippen molar-refractivity contribution in [3.05, 3.63) is 65.1 Å². The fourth-order valence-corrected chi connectivity index (χ4v) is 3.03. The molecule has 1 N–H and O–H groups in total. The van der Waals surface area contributed by atoms with Gasteiger partial charge in [-0.25, -0.2) is 4.68 Å². The number of benzene rings is 1. The third-order valence-electron chi connectivity index (χ3n) is 4.86. The maximum Gasteiger partial charge on any atom is 0.252 e. The maximum atomic E-state index is 13.0. The summed E-state index contributed by atoms with van der Waals surface area (Å²) in [7, 11) is 0. The van der Waals surface area contributed by atoms with Crippen LogP contribution in [0.2, 0.25) is 0 Å². The summed E-state index contributed by atoms with van der Waals surface area (Å²) in [5, 5.41) is 20.2. The van der Waals surface area contributed by atoms with Crippen LogP contribution in [0, 0.1) is 11.3 Å². The van der Waals surface area contributed by atoms with Gasteiger partial charge in [0.2, 0.25) is 0 Å². The minimum atomic E-state index is -0.475. The van der Waals surface area contributed by atoms with Gasteiger partial charge in [0.05, 0.1) is 35.3 Å². The Kier molecular flexibility index (Phi) is 5.97. The second kappa shape index (κ2) is 8.48. The Labute approximate surface area is 181 Å². The third kappa shape index (κ3) is 5.01. The summed E-state index contributed by atoms with van der Waals surface area (Å²) < 4.78 is 1.47. The molecular formula is C23H24N6O2. The highest BCUT2D eigenvalue weighted by Crippen LogP contribution is 2.24. The van der Waals surface area contributed by atoms with E-state index in [1.54, 1.807) is 36.6 Å². The first-order valence-electron chi connectivity index (χ1n) is 9.82. The van der Waals surface area contributed by atoms with Crippen LogP contribution >= 0.6 is 0 Å². The number of aromatic nitrogens is 3. The Balaban J connectivity index is 1.91. The topological polar surface area (TPSA) is 113 Å². The molecular weight excluding hydrogens is 392 g/mol. The van der Waals surface area contributed by atoms with Crippen LogP contribution in [0.4, 0.5) is 0 Å². The lowest BCUT2D eigenvalue weighted by Gasteiger charge is -2.20. The number of hydrogen-bond acceptors (Lipinski definition) is 6. The van der Waals surface area contributed by atoms with E-state index in [4.69, 9.17) is 0 Å². The van der Waals surface area contributed by atoms with Crippen molar-refractivity contribution in [1.82, 2.24) is 20.3 Å². The molecule has 0 aliphatic carbocycles. The highest BCUT2D eigenvalue weighted by molar-refractivity contribution is 6.17. The predicted molar refractivity (Wildman–Crippen MR) is 118 cm³/mol. The van der Waals surface area contributed by atoms with Crippen molar-refractivity contribution in [3.63, 3.8) is 0 Å². The van der Waals surface area contributed by atoms with E-state index in [9.17, 15) is 14.9 Å². The van der Waals surface area contributed by atoms with Crippen molar-refractivity contribution in [2.24, 2.45) is 4.99 Å². The lowest BCUT2D eigenvalue weighted by atomic mass is 9.85. The van der Waals surface area contributed by atoms with E-state index in [2.05, 4.69) is 26.7 Å². The van der Waals surface area contributed by atoms with Crippen molar-refractivity contribution in [2.75, 3.05) is 0 Å². The van der Waals surface area contributed by atoms with E-state index in [0.29, 0.717) is 22.5 Å². The van der Waals surface area contributed by atoms with Crippen molar-refractivity contribution in [1.29, 1.82) is 5.26 Å². The van der Waals surface area contributed by atoms with Crippen LogP contribution in [0.25, 0.3) is 5.70 Å². The number of nitriles is 1. The molecule has 2 aromatic rings. The smallest absolute Gasteiger partial charge is 0.252 e. The second-order valence-corrected chi connectivity index (χ2v) is 8.37. The molecule has 1 aromatic heterocycles. The molecule has 0 saturated heterocycles. The standard InChI is InChI=1S/C23H24N6O2/c1-14-21(29-13-20(15(2)30)27-28-29)11-19(6-7-25-14)26-22(31)17-8-16(12-24)9-18(10-17)23(3,4)5/h6-11,13,19H,1-5H3,(H,26,31). The number of hydrogen-bond donors (Lipinski definition) is 1. The van der Waals surface area contributed by atoms with Gasteiger partial charge in [-0.15, -0.1) is 5.10 Å². The summed E-state index contributed by atoms with van der Waals surface area (Å²) in [5.41, 5.74) is 3.06. The van der Waals surface area contributed by atoms with Gasteiger partial charge in [0.25, 0.3) is 5.91 Å². The molecule has 0 spiro atoms. The molecule has 0 bridgehead atoms. The molecule has 1 atom stereocenters. The molecule has 8 nitrogen and oxygen atoms in total. The number of allylic oxidation sites excluding steroid dienone is 1. The van der Waals surface area contributed by atoms with Crippen molar-refractivity contribution in [2.45, 2.75) is 46.1 Å². The zero-order valence-electron chi connectivity index (χ0n) is 18.2. The molecule has 1 aromatic carbocycles. The molecule has 0 radical (unpaired) electrons. The lowest BCUT2D eigenvalue weighted by Crippen LogP contribution is -2.33. The molecule has 3 rings (SSSR count). The molecule has 1 unspecified atom stereocenters. The largest absolute Gasteiger partial charge is 0.342 e. The number of aliphatic imine (C=N–C) groups is 1. The minimum absolute atomic E-state index is 0.190. The number of carbonyl (C=O) groups excluding carboxylic acids is 2. The zero-order valence-corrected chi connectivity index (χ0v) is 18.2. The average molecular weight is 416 g/mol. The Bertz CT molecular complexity index is 1170. The first-order chi connectivity index (χ1) is 14.6. The number of Topliss-reactive ketones (excluding diaryl/α,β-unsaturated/α-hetero) is 1. The number of nitrogens with zero attached hydrogens (tertiary/aromatic N) is 5. The van der Waals surface area contributed by atoms with Crippen LogP contribution in [-0.4, -0.2) is 38.4 Å². The summed E-state index contributed by atoms with van der Waals surface area (Å²) in [6.07, 6.45) is 6.68. The first kappa shape index (κ1) is 21.8. The average Bonchev–Trinajstić information content (AvgIpc) is 3.13. The van der Waals surface area contributed by atoms with Gasteiger partial charge in [-0.05, 0) is 48.3 Å². The van der Waals surface area contributed by atoms with Crippen LogP contribution in [0.5, 0.6) is 0 Å². The van der Waals surface area contributed by atoms with Crippen LogP contribution in [0.1, 0.15) is 66.6 Å². The molecule has 2 heterocycles. The predicted octanol–water partition coefficient (Wildman–Crippen LogP) is 3.28. The summed E-state index contributed by atoms with van der Waals surface area (Å²) in [6.45, 7) is 9.31.